The number of carbonyl (C=O) groups is 2. The zero-order chi connectivity index (χ0) is 20.7. The molecule has 0 aliphatic rings. The molecule has 0 spiro atoms. The van der Waals surface area contributed by atoms with Gasteiger partial charge < -0.3 is 14.8 Å². The van der Waals surface area contributed by atoms with Crippen LogP contribution in [-0.2, 0) is 24.3 Å². The lowest BCUT2D eigenvalue weighted by molar-refractivity contribution is -0.149. The van der Waals surface area contributed by atoms with E-state index in [4.69, 9.17) is 9.47 Å². The first-order valence-corrected chi connectivity index (χ1v) is 9.49. The lowest BCUT2D eigenvalue weighted by Crippen LogP contribution is -2.24. The third-order valence-electron chi connectivity index (χ3n) is 3.43. The van der Waals surface area contributed by atoms with Crippen LogP contribution in [0.4, 0.5) is 10.1 Å². The summed E-state index contributed by atoms with van der Waals surface area (Å²) in [5, 5.41) is 2.47. The van der Waals surface area contributed by atoms with Crippen LogP contribution in [0.25, 0.3) is 0 Å². The number of halogens is 1. The SMILES string of the molecule is CN(C)S(=O)(=O)c1ccc(NC(=O)COC(=O)COc2cccc(F)c2)cc1. The van der Waals surface area contributed by atoms with Crippen LogP contribution in [0.3, 0.4) is 0 Å². The molecule has 28 heavy (non-hydrogen) atoms. The average molecular weight is 410 g/mol. The van der Waals surface area contributed by atoms with E-state index < -0.39 is 40.9 Å². The molecule has 1 N–H and O–H groups in total. The number of amides is 1. The van der Waals surface area contributed by atoms with Crippen LogP contribution < -0.4 is 10.1 Å². The molecule has 0 saturated carbocycles. The summed E-state index contributed by atoms with van der Waals surface area (Å²) in [6, 6.07) is 10.8. The van der Waals surface area contributed by atoms with Gasteiger partial charge in [0.05, 0.1) is 4.90 Å². The number of hydrogen-bond acceptors (Lipinski definition) is 6. The van der Waals surface area contributed by atoms with E-state index >= 15 is 0 Å². The summed E-state index contributed by atoms with van der Waals surface area (Å²) in [4.78, 5) is 23.5. The Kier molecular flexibility index (Phi) is 7.07. The fourth-order valence-corrected chi connectivity index (χ4v) is 2.91. The first kappa shape index (κ1) is 21.3. The van der Waals surface area contributed by atoms with Crippen LogP contribution >= 0.6 is 0 Å². The number of ether oxygens (including phenoxy) is 2. The molecule has 0 saturated heterocycles. The van der Waals surface area contributed by atoms with Gasteiger partial charge in [-0.2, -0.15) is 0 Å². The van der Waals surface area contributed by atoms with Gasteiger partial charge in [0, 0.05) is 25.8 Å². The molecule has 2 aromatic rings. The number of carbonyl (C=O) groups excluding carboxylic acids is 2. The Morgan fingerprint density at radius 3 is 2.36 bits per heavy atom. The van der Waals surface area contributed by atoms with Gasteiger partial charge in [-0.15, -0.1) is 0 Å². The quantitative estimate of drug-likeness (QED) is 0.664. The molecule has 0 heterocycles. The highest BCUT2D eigenvalue weighted by molar-refractivity contribution is 7.89. The topological polar surface area (TPSA) is 102 Å². The molecule has 150 valence electrons. The van der Waals surface area contributed by atoms with Gasteiger partial charge >= 0.3 is 5.97 Å². The summed E-state index contributed by atoms with van der Waals surface area (Å²) in [7, 11) is -0.734. The minimum absolute atomic E-state index is 0.0800. The molecule has 0 aliphatic carbocycles. The van der Waals surface area contributed by atoms with Crippen molar-refractivity contribution < 1.29 is 31.9 Å². The van der Waals surface area contributed by atoms with E-state index in [9.17, 15) is 22.4 Å². The predicted molar refractivity (Wildman–Crippen MR) is 98.8 cm³/mol. The fraction of sp³-hybridized carbons (Fsp3) is 0.222. The smallest absolute Gasteiger partial charge is 0.344 e. The summed E-state index contributed by atoms with van der Waals surface area (Å²) in [5.41, 5.74) is 0.342. The van der Waals surface area contributed by atoms with E-state index in [1.54, 1.807) is 0 Å². The van der Waals surface area contributed by atoms with E-state index in [0.717, 1.165) is 10.4 Å². The molecule has 10 heteroatoms. The Balaban J connectivity index is 1.80. The maximum atomic E-state index is 13.0. The minimum Gasteiger partial charge on any atom is -0.482 e. The average Bonchev–Trinajstić information content (AvgIpc) is 2.65. The van der Waals surface area contributed by atoms with Crippen molar-refractivity contribution in [3.63, 3.8) is 0 Å². The molecule has 0 unspecified atom stereocenters. The molecule has 0 fully saturated rings. The number of nitrogens with zero attached hydrogens (tertiary/aromatic N) is 1. The van der Waals surface area contributed by atoms with Gasteiger partial charge in [0.15, 0.2) is 13.2 Å². The number of sulfonamides is 1. The number of rotatable bonds is 8. The van der Waals surface area contributed by atoms with Crippen molar-refractivity contribution in [3.8, 4) is 5.75 Å². The normalized spacial score (nSPS) is 11.1. The summed E-state index contributed by atoms with van der Waals surface area (Å²) in [5.74, 6) is -1.75. The number of esters is 1. The van der Waals surface area contributed by atoms with Gasteiger partial charge in [0.25, 0.3) is 5.91 Å². The van der Waals surface area contributed by atoms with Crippen molar-refractivity contribution in [2.24, 2.45) is 0 Å². The van der Waals surface area contributed by atoms with Crippen LogP contribution in [0.1, 0.15) is 0 Å². The Hall–Kier alpha value is -2.98. The molecule has 8 nitrogen and oxygen atoms in total. The van der Waals surface area contributed by atoms with Crippen molar-refractivity contribution in [1.29, 1.82) is 0 Å². The monoisotopic (exact) mass is 410 g/mol. The van der Waals surface area contributed by atoms with Crippen LogP contribution in [0.2, 0.25) is 0 Å². The second-order valence-electron chi connectivity index (χ2n) is 5.77. The molecular formula is C18H19FN2O6S. The second-order valence-corrected chi connectivity index (χ2v) is 7.92. The van der Waals surface area contributed by atoms with Crippen molar-refractivity contribution in [1.82, 2.24) is 4.31 Å². The molecule has 2 aromatic carbocycles. The molecular weight excluding hydrogens is 391 g/mol. The maximum Gasteiger partial charge on any atom is 0.344 e. The van der Waals surface area contributed by atoms with Gasteiger partial charge in [-0.25, -0.2) is 21.9 Å². The third kappa shape index (κ3) is 6.03. The zero-order valence-corrected chi connectivity index (χ0v) is 16.0. The molecule has 0 aliphatic heterocycles. The lowest BCUT2D eigenvalue weighted by atomic mass is 10.3. The number of nitrogens with one attached hydrogen (secondary N) is 1. The first-order chi connectivity index (χ1) is 13.2. The molecule has 0 aromatic heterocycles. The van der Waals surface area contributed by atoms with Crippen molar-refractivity contribution in [2.45, 2.75) is 4.90 Å². The van der Waals surface area contributed by atoms with Crippen molar-refractivity contribution >= 4 is 27.6 Å². The molecule has 2 rings (SSSR count). The van der Waals surface area contributed by atoms with E-state index in [1.807, 2.05) is 0 Å². The highest BCUT2D eigenvalue weighted by atomic mass is 32.2. The first-order valence-electron chi connectivity index (χ1n) is 8.05. The highest BCUT2D eigenvalue weighted by Gasteiger charge is 2.17. The molecule has 0 radical (unpaired) electrons. The Morgan fingerprint density at radius 1 is 1.07 bits per heavy atom. The summed E-state index contributed by atoms with van der Waals surface area (Å²) in [6.45, 7) is -1.03. The number of anilines is 1. The van der Waals surface area contributed by atoms with Gasteiger partial charge in [-0.05, 0) is 36.4 Å². The van der Waals surface area contributed by atoms with Crippen molar-refractivity contribution in [3.05, 3.63) is 54.3 Å². The summed E-state index contributed by atoms with van der Waals surface area (Å²) in [6.07, 6.45) is 0. The molecule has 0 bridgehead atoms. The van der Waals surface area contributed by atoms with Gasteiger partial charge in [0.2, 0.25) is 10.0 Å². The standard InChI is InChI=1S/C18H19FN2O6S/c1-21(2)28(24,25)16-8-6-14(7-9-16)20-17(22)11-27-18(23)12-26-15-5-3-4-13(19)10-15/h3-10H,11-12H2,1-2H3,(H,20,22). The maximum absolute atomic E-state index is 13.0. The Labute approximate surface area is 161 Å². The van der Waals surface area contributed by atoms with E-state index in [1.165, 1.54) is 56.6 Å². The Bertz CT molecular complexity index is 945. The van der Waals surface area contributed by atoms with Crippen LogP contribution in [0.15, 0.2) is 53.4 Å². The highest BCUT2D eigenvalue weighted by Crippen LogP contribution is 2.16. The third-order valence-corrected chi connectivity index (χ3v) is 5.26. The van der Waals surface area contributed by atoms with Gasteiger partial charge in [0.1, 0.15) is 11.6 Å². The van der Waals surface area contributed by atoms with Crippen LogP contribution in [-0.4, -0.2) is 51.9 Å². The molecule has 0 atom stereocenters. The number of hydrogen-bond donors (Lipinski definition) is 1. The van der Waals surface area contributed by atoms with E-state index in [0.29, 0.717) is 5.69 Å². The summed E-state index contributed by atoms with van der Waals surface area (Å²) < 4.78 is 47.8. The van der Waals surface area contributed by atoms with Crippen LogP contribution in [0, 0.1) is 5.82 Å². The summed E-state index contributed by atoms with van der Waals surface area (Å²) >= 11 is 0. The lowest BCUT2D eigenvalue weighted by Gasteiger charge is -2.12. The zero-order valence-electron chi connectivity index (χ0n) is 15.2. The number of benzene rings is 2. The minimum atomic E-state index is -3.56. The van der Waals surface area contributed by atoms with Crippen molar-refractivity contribution in [2.75, 3.05) is 32.6 Å². The van der Waals surface area contributed by atoms with E-state index in [2.05, 4.69) is 5.32 Å². The van der Waals surface area contributed by atoms with Gasteiger partial charge in [-0.1, -0.05) is 6.07 Å². The van der Waals surface area contributed by atoms with Gasteiger partial charge in [-0.3, -0.25) is 4.79 Å². The molecule has 1 amide bonds. The Morgan fingerprint density at radius 2 is 1.75 bits per heavy atom. The second kappa shape index (κ2) is 9.29. The predicted octanol–water partition coefficient (Wildman–Crippen LogP) is 1.64. The largest absolute Gasteiger partial charge is 0.482 e. The fourth-order valence-electron chi connectivity index (χ4n) is 2.00. The van der Waals surface area contributed by atoms with Crippen LogP contribution in [0.5, 0.6) is 5.75 Å². The van der Waals surface area contributed by atoms with E-state index in [-0.39, 0.29) is 10.6 Å².